The molecule has 0 fully saturated rings. The van der Waals surface area contributed by atoms with Crippen molar-refractivity contribution in [3.05, 3.63) is 73.1 Å². The zero-order chi connectivity index (χ0) is 30.1. The first-order valence-electron chi connectivity index (χ1n) is 18.1. The Hall–Kier alpha value is -3.26. The van der Waals surface area contributed by atoms with E-state index in [-0.39, 0.29) is 0 Å². The molecular weight excluding hydrogens is 532 g/mol. The molecule has 6 rings (SSSR count). The Labute approximate surface area is 265 Å². The Bertz CT molecular complexity index is 1800. The van der Waals surface area contributed by atoms with Crippen molar-refractivity contribution in [2.75, 3.05) is 0 Å². The highest BCUT2D eigenvalue weighted by Gasteiger charge is 2.12. The number of fused-ring (bicyclic) bond motifs is 9. The quantitative estimate of drug-likeness (QED) is 0.0700. The highest BCUT2D eigenvalue weighted by atomic mass is 15.0. The SMILES string of the molecule is CCCCCCCCCCCCn1ccc2c3ccc4c(ccc5c4ccc4c5ccn4CCCCCCCC)c3ccc21. The maximum Gasteiger partial charge on any atom is 0.0486 e. The highest BCUT2D eigenvalue weighted by molar-refractivity contribution is 6.24. The zero-order valence-corrected chi connectivity index (χ0v) is 27.6. The van der Waals surface area contributed by atoms with Gasteiger partial charge in [0.15, 0.2) is 0 Å². The van der Waals surface area contributed by atoms with E-state index in [1.165, 1.54) is 157 Å². The van der Waals surface area contributed by atoms with Gasteiger partial charge in [-0.2, -0.15) is 0 Å². The first-order chi connectivity index (χ1) is 21.8. The highest BCUT2D eigenvalue weighted by Crippen LogP contribution is 2.37. The maximum atomic E-state index is 2.48. The van der Waals surface area contributed by atoms with E-state index in [9.17, 15) is 0 Å². The maximum absolute atomic E-state index is 2.48. The molecule has 0 N–H and O–H groups in total. The van der Waals surface area contributed by atoms with Crippen LogP contribution >= 0.6 is 0 Å². The molecule has 4 aromatic carbocycles. The molecule has 0 atom stereocenters. The van der Waals surface area contributed by atoms with Crippen LogP contribution in [0.2, 0.25) is 0 Å². The fourth-order valence-electron chi connectivity index (χ4n) is 7.62. The molecule has 0 bridgehead atoms. The summed E-state index contributed by atoms with van der Waals surface area (Å²) in [6.07, 6.45) is 26.5. The lowest BCUT2D eigenvalue weighted by atomic mass is 9.94. The molecule has 6 aromatic rings. The van der Waals surface area contributed by atoms with Gasteiger partial charge in [0.25, 0.3) is 0 Å². The minimum absolute atomic E-state index is 1.12. The minimum atomic E-state index is 1.12. The molecule has 2 nitrogen and oxygen atoms in total. The van der Waals surface area contributed by atoms with E-state index < -0.39 is 0 Å². The Balaban J connectivity index is 1.15. The molecule has 0 aliphatic carbocycles. The molecule has 0 saturated heterocycles. The number of benzene rings is 4. The topological polar surface area (TPSA) is 9.86 Å². The van der Waals surface area contributed by atoms with E-state index in [1.54, 1.807) is 0 Å². The van der Waals surface area contributed by atoms with E-state index in [0.717, 1.165) is 13.1 Å². The predicted molar refractivity (Wildman–Crippen MR) is 195 cm³/mol. The Morgan fingerprint density at radius 1 is 0.318 bits per heavy atom. The van der Waals surface area contributed by atoms with Crippen molar-refractivity contribution in [3.63, 3.8) is 0 Å². The summed E-state index contributed by atoms with van der Waals surface area (Å²) in [6, 6.07) is 23.6. The second kappa shape index (κ2) is 15.2. The second-order valence-corrected chi connectivity index (χ2v) is 13.4. The molecule has 0 amide bonds. The normalized spacial score (nSPS) is 12.1. The third-order valence-electron chi connectivity index (χ3n) is 10.2. The molecule has 0 radical (unpaired) electrons. The molecule has 0 aliphatic heterocycles. The molecule has 0 aliphatic rings. The largest absolute Gasteiger partial charge is 0.347 e. The molecule has 232 valence electrons. The Morgan fingerprint density at radius 2 is 0.614 bits per heavy atom. The van der Waals surface area contributed by atoms with Gasteiger partial charge in [0.05, 0.1) is 0 Å². The van der Waals surface area contributed by atoms with E-state index >= 15 is 0 Å². The van der Waals surface area contributed by atoms with Crippen molar-refractivity contribution in [3.8, 4) is 0 Å². The lowest BCUT2D eigenvalue weighted by molar-refractivity contribution is 0.538. The number of hydrogen-bond acceptors (Lipinski definition) is 0. The summed E-state index contributed by atoms with van der Waals surface area (Å²) in [5, 5.41) is 11.0. The van der Waals surface area contributed by atoms with Gasteiger partial charge >= 0.3 is 0 Å². The van der Waals surface area contributed by atoms with E-state index in [2.05, 4.69) is 96.0 Å². The van der Waals surface area contributed by atoms with Gasteiger partial charge in [-0.25, -0.2) is 0 Å². The smallest absolute Gasteiger partial charge is 0.0486 e. The van der Waals surface area contributed by atoms with Crippen molar-refractivity contribution < 1.29 is 0 Å². The van der Waals surface area contributed by atoms with E-state index in [0.29, 0.717) is 0 Å². The summed E-state index contributed by atoms with van der Waals surface area (Å²) in [5.74, 6) is 0. The van der Waals surface area contributed by atoms with Crippen LogP contribution in [0.4, 0.5) is 0 Å². The van der Waals surface area contributed by atoms with Gasteiger partial charge in [-0.05, 0) is 69.4 Å². The van der Waals surface area contributed by atoms with Crippen LogP contribution in [-0.4, -0.2) is 9.13 Å². The number of rotatable bonds is 18. The summed E-state index contributed by atoms with van der Waals surface area (Å²) in [4.78, 5) is 0. The van der Waals surface area contributed by atoms with Crippen LogP contribution in [0, 0.1) is 0 Å². The van der Waals surface area contributed by atoms with Crippen molar-refractivity contribution in [2.24, 2.45) is 0 Å². The lowest BCUT2D eigenvalue weighted by Crippen LogP contribution is -1.96. The van der Waals surface area contributed by atoms with Crippen LogP contribution in [0.15, 0.2) is 73.1 Å². The fourth-order valence-corrected chi connectivity index (χ4v) is 7.62. The first-order valence-corrected chi connectivity index (χ1v) is 18.1. The van der Waals surface area contributed by atoms with Crippen molar-refractivity contribution in [1.29, 1.82) is 0 Å². The monoisotopic (exact) mass is 586 g/mol. The van der Waals surface area contributed by atoms with Crippen LogP contribution in [0.5, 0.6) is 0 Å². The number of hydrogen-bond donors (Lipinski definition) is 0. The molecule has 0 saturated carbocycles. The Kier molecular flexibility index (Phi) is 10.6. The number of aromatic nitrogens is 2. The van der Waals surface area contributed by atoms with Crippen LogP contribution in [0.3, 0.4) is 0 Å². The molecule has 0 spiro atoms. The van der Waals surface area contributed by atoms with Crippen LogP contribution in [-0.2, 0) is 13.1 Å². The molecule has 2 heterocycles. The summed E-state index contributed by atoms with van der Waals surface area (Å²) in [6.45, 7) is 6.83. The summed E-state index contributed by atoms with van der Waals surface area (Å²) >= 11 is 0. The summed E-state index contributed by atoms with van der Waals surface area (Å²) in [5.41, 5.74) is 2.75. The molecule has 44 heavy (non-hydrogen) atoms. The van der Waals surface area contributed by atoms with Gasteiger partial charge in [0.2, 0.25) is 0 Å². The first kappa shape index (κ1) is 30.8. The lowest BCUT2D eigenvalue weighted by Gasteiger charge is -2.11. The van der Waals surface area contributed by atoms with Gasteiger partial charge in [0.1, 0.15) is 0 Å². The van der Waals surface area contributed by atoms with Gasteiger partial charge in [0, 0.05) is 47.3 Å². The third-order valence-corrected chi connectivity index (χ3v) is 10.2. The Morgan fingerprint density at radius 3 is 0.977 bits per heavy atom. The van der Waals surface area contributed by atoms with Crippen LogP contribution in [0.25, 0.3) is 54.1 Å². The second-order valence-electron chi connectivity index (χ2n) is 13.4. The van der Waals surface area contributed by atoms with Crippen molar-refractivity contribution in [1.82, 2.24) is 9.13 Å². The average molecular weight is 587 g/mol. The average Bonchev–Trinajstić information content (AvgIpc) is 3.67. The minimum Gasteiger partial charge on any atom is -0.347 e. The number of aryl methyl sites for hydroxylation is 2. The molecule has 2 aromatic heterocycles. The van der Waals surface area contributed by atoms with Crippen LogP contribution < -0.4 is 0 Å². The van der Waals surface area contributed by atoms with E-state index in [4.69, 9.17) is 0 Å². The molecule has 0 unspecified atom stereocenters. The van der Waals surface area contributed by atoms with Gasteiger partial charge in [-0.15, -0.1) is 0 Å². The number of nitrogens with zero attached hydrogens (tertiary/aromatic N) is 2. The summed E-state index contributed by atoms with van der Waals surface area (Å²) in [7, 11) is 0. The zero-order valence-electron chi connectivity index (χ0n) is 27.6. The third kappa shape index (κ3) is 6.70. The fraction of sp³-hybridized carbons (Fsp3) is 0.476. The predicted octanol–water partition coefficient (Wildman–Crippen LogP) is 13.3. The van der Waals surface area contributed by atoms with Gasteiger partial charge < -0.3 is 9.13 Å². The van der Waals surface area contributed by atoms with Crippen molar-refractivity contribution >= 4 is 54.1 Å². The van der Waals surface area contributed by atoms with Crippen LogP contribution in [0.1, 0.15) is 117 Å². The number of unbranched alkanes of at least 4 members (excludes halogenated alkanes) is 14. The molecule has 2 heteroatoms. The summed E-state index contributed by atoms with van der Waals surface area (Å²) < 4.78 is 4.95. The van der Waals surface area contributed by atoms with E-state index in [1.807, 2.05) is 0 Å². The van der Waals surface area contributed by atoms with Gasteiger partial charge in [-0.1, -0.05) is 140 Å². The molecular formula is C42H54N2. The van der Waals surface area contributed by atoms with Gasteiger partial charge in [-0.3, -0.25) is 0 Å². The van der Waals surface area contributed by atoms with Crippen molar-refractivity contribution in [2.45, 2.75) is 130 Å². The standard InChI is InChI=1S/C42H54N2/c1-3-5-7-9-11-12-13-14-16-18-30-44-32-28-40-38-22-20-33-34(36(38)24-26-42(40)44)19-21-37-35(33)23-25-41-39(37)27-31-43(41)29-17-15-10-8-6-4-2/h19-28,31-32H,3-18,29-30H2,1-2H3.